The van der Waals surface area contributed by atoms with Gasteiger partial charge in [0.15, 0.2) is 0 Å². The Hall–Kier alpha value is -1.10. The summed E-state index contributed by atoms with van der Waals surface area (Å²) in [6.45, 7) is 1.20. The van der Waals surface area contributed by atoms with Gasteiger partial charge in [-0.05, 0) is 37.5 Å². The number of carbonyl (C=O) groups is 2. The Morgan fingerprint density at radius 3 is 2.12 bits per heavy atom. The predicted molar refractivity (Wildman–Crippen MR) is 58.2 cm³/mol. The fourth-order valence-electron chi connectivity index (χ4n) is 3.03. The van der Waals surface area contributed by atoms with E-state index in [0.29, 0.717) is 25.9 Å². The Morgan fingerprint density at radius 1 is 1.12 bits per heavy atom. The second-order valence-corrected chi connectivity index (χ2v) is 5.78. The normalized spacial score (nSPS) is 32.3. The topological polar surface area (TPSA) is 77.8 Å². The second-order valence-electron chi connectivity index (χ2n) is 5.78. The van der Waals surface area contributed by atoms with Crippen molar-refractivity contribution in [3.63, 3.8) is 0 Å². The van der Waals surface area contributed by atoms with Gasteiger partial charge in [0.1, 0.15) is 5.60 Å². The molecular weight excluding hydrogens is 222 g/mol. The van der Waals surface area contributed by atoms with Crippen LogP contribution in [0.15, 0.2) is 0 Å². The number of rotatable bonds is 2. The lowest BCUT2D eigenvalue weighted by Crippen LogP contribution is -2.45. The maximum Gasteiger partial charge on any atom is 0.307 e. The van der Waals surface area contributed by atoms with Gasteiger partial charge in [0, 0.05) is 13.1 Å². The SMILES string of the molecule is O=C(O)[C@H]1CC12CCN(C(=O)C1(O)CC1)CC2. The highest BCUT2D eigenvalue weighted by Gasteiger charge is 2.60. The van der Waals surface area contributed by atoms with Crippen molar-refractivity contribution in [3.8, 4) is 0 Å². The van der Waals surface area contributed by atoms with Gasteiger partial charge in [-0.25, -0.2) is 0 Å². The number of likely N-dealkylation sites (tertiary alicyclic amines) is 1. The lowest BCUT2D eigenvalue weighted by molar-refractivity contribution is -0.144. The molecule has 0 aromatic carbocycles. The van der Waals surface area contributed by atoms with Crippen molar-refractivity contribution in [2.45, 2.75) is 37.7 Å². The molecule has 1 aliphatic heterocycles. The van der Waals surface area contributed by atoms with Crippen LogP contribution < -0.4 is 0 Å². The fourth-order valence-corrected chi connectivity index (χ4v) is 3.03. The Labute approximate surface area is 99.4 Å². The first-order valence-corrected chi connectivity index (χ1v) is 6.21. The van der Waals surface area contributed by atoms with Gasteiger partial charge in [-0.15, -0.1) is 0 Å². The van der Waals surface area contributed by atoms with Gasteiger partial charge in [-0.1, -0.05) is 0 Å². The number of aliphatic hydroxyl groups is 1. The Morgan fingerprint density at radius 2 is 1.71 bits per heavy atom. The largest absolute Gasteiger partial charge is 0.481 e. The number of aliphatic carboxylic acids is 1. The zero-order chi connectivity index (χ0) is 12.3. The standard InChI is InChI=1S/C12H17NO4/c14-9(15)8-7-11(8)3-5-13(6-4-11)10(16)12(17)1-2-12/h8,17H,1-7H2,(H,14,15)/t8-/m1/s1. The Balaban J connectivity index is 1.58. The van der Waals surface area contributed by atoms with Gasteiger partial charge in [0.2, 0.25) is 0 Å². The van der Waals surface area contributed by atoms with E-state index in [1.165, 1.54) is 0 Å². The molecule has 3 rings (SSSR count). The molecule has 0 bridgehead atoms. The van der Waals surface area contributed by atoms with Crippen LogP contribution in [0.2, 0.25) is 0 Å². The molecule has 0 aromatic rings. The summed E-state index contributed by atoms with van der Waals surface area (Å²) in [6, 6.07) is 0. The van der Waals surface area contributed by atoms with Crippen LogP contribution in [0.5, 0.6) is 0 Å². The molecule has 2 saturated carbocycles. The smallest absolute Gasteiger partial charge is 0.307 e. The maximum absolute atomic E-state index is 11.9. The highest BCUT2D eigenvalue weighted by atomic mass is 16.4. The molecule has 1 spiro atoms. The van der Waals surface area contributed by atoms with Crippen LogP contribution in [0.25, 0.3) is 0 Å². The third-order valence-corrected chi connectivity index (χ3v) is 4.66. The molecule has 2 aliphatic carbocycles. The molecule has 0 unspecified atom stereocenters. The van der Waals surface area contributed by atoms with E-state index in [1.807, 2.05) is 0 Å². The van der Waals surface area contributed by atoms with E-state index in [9.17, 15) is 14.7 Å². The van der Waals surface area contributed by atoms with E-state index in [0.717, 1.165) is 19.3 Å². The van der Waals surface area contributed by atoms with Crippen LogP contribution in [-0.4, -0.2) is 45.7 Å². The van der Waals surface area contributed by atoms with Crippen LogP contribution in [0.1, 0.15) is 32.1 Å². The zero-order valence-corrected chi connectivity index (χ0v) is 9.69. The number of hydrogen-bond donors (Lipinski definition) is 2. The fraction of sp³-hybridized carbons (Fsp3) is 0.833. The molecule has 2 N–H and O–H groups in total. The summed E-state index contributed by atoms with van der Waals surface area (Å²) in [7, 11) is 0. The molecular formula is C12H17NO4. The third-order valence-electron chi connectivity index (χ3n) is 4.66. The molecule has 17 heavy (non-hydrogen) atoms. The second kappa shape index (κ2) is 3.22. The molecule has 1 amide bonds. The van der Waals surface area contributed by atoms with Crippen molar-refractivity contribution < 1.29 is 19.8 Å². The van der Waals surface area contributed by atoms with Gasteiger partial charge in [-0.3, -0.25) is 9.59 Å². The molecule has 1 saturated heterocycles. The highest BCUT2D eigenvalue weighted by molar-refractivity contribution is 5.88. The van der Waals surface area contributed by atoms with Gasteiger partial charge >= 0.3 is 5.97 Å². The van der Waals surface area contributed by atoms with Gasteiger partial charge in [0.25, 0.3) is 5.91 Å². The number of carboxylic acid groups (broad SMARTS) is 1. The lowest BCUT2D eigenvalue weighted by atomic mass is 9.90. The van der Waals surface area contributed by atoms with Crippen molar-refractivity contribution in [2.24, 2.45) is 11.3 Å². The third kappa shape index (κ3) is 1.64. The minimum Gasteiger partial charge on any atom is -0.481 e. The summed E-state index contributed by atoms with van der Waals surface area (Å²) >= 11 is 0. The van der Waals surface area contributed by atoms with E-state index < -0.39 is 11.6 Å². The number of carboxylic acids is 1. The van der Waals surface area contributed by atoms with Crippen LogP contribution in [0.3, 0.4) is 0 Å². The molecule has 1 heterocycles. The van der Waals surface area contributed by atoms with E-state index in [4.69, 9.17) is 5.11 Å². The molecule has 3 aliphatic rings. The summed E-state index contributed by atoms with van der Waals surface area (Å²) in [5, 5.41) is 18.7. The first-order chi connectivity index (χ1) is 7.97. The average Bonchev–Trinajstić information content (AvgIpc) is 3.18. The molecule has 94 valence electrons. The van der Waals surface area contributed by atoms with Crippen LogP contribution in [0, 0.1) is 11.3 Å². The number of nitrogens with zero attached hydrogens (tertiary/aromatic N) is 1. The average molecular weight is 239 g/mol. The monoisotopic (exact) mass is 239 g/mol. The predicted octanol–water partition coefficient (Wildman–Crippen LogP) is 0.225. The molecule has 5 nitrogen and oxygen atoms in total. The molecule has 0 aromatic heterocycles. The van der Waals surface area contributed by atoms with E-state index >= 15 is 0 Å². The highest BCUT2D eigenvalue weighted by Crippen LogP contribution is 2.59. The van der Waals surface area contributed by atoms with Crippen molar-refractivity contribution in [1.29, 1.82) is 0 Å². The van der Waals surface area contributed by atoms with Crippen molar-refractivity contribution >= 4 is 11.9 Å². The van der Waals surface area contributed by atoms with Crippen molar-refractivity contribution in [2.75, 3.05) is 13.1 Å². The number of carbonyl (C=O) groups excluding carboxylic acids is 1. The van der Waals surface area contributed by atoms with E-state index in [2.05, 4.69) is 0 Å². The lowest BCUT2D eigenvalue weighted by Gasteiger charge is -2.33. The number of hydrogen-bond acceptors (Lipinski definition) is 3. The minimum atomic E-state index is -1.08. The van der Waals surface area contributed by atoms with Crippen LogP contribution >= 0.6 is 0 Å². The molecule has 1 atom stereocenters. The zero-order valence-electron chi connectivity index (χ0n) is 9.69. The van der Waals surface area contributed by atoms with E-state index in [-0.39, 0.29) is 17.2 Å². The van der Waals surface area contributed by atoms with Gasteiger partial charge < -0.3 is 15.1 Å². The summed E-state index contributed by atoms with van der Waals surface area (Å²) in [4.78, 5) is 24.5. The first-order valence-electron chi connectivity index (χ1n) is 6.21. The minimum absolute atomic E-state index is 0.0468. The Kier molecular flexibility index (Phi) is 2.09. The first kappa shape index (κ1) is 11.0. The van der Waals surface area contributed by atoms with Crippen LogP contribution in [-0.2, 0) is 9.59 Å². The summed E-state index contributed by atoms with van der Waals surface area (Å²) < 4.78 is 0. The summed E-state index contributed by atoms with van der Waals surface area (Å²) in [5.41, 5.74) is -1.13. The number of amides is 1. The Bertz CT molecular complexity index is 380. The molecule has 0 radical (unpaired) electrons. The van der Waals surface area contributed by atoms with Crippen molar-refractivity contribution in [3.05, 3.63) is 0 Å². The number of piperidine rings is 1. The quantitative estimate of drug-likeness (QED) is 0.723. The van der Waals surface area contributed by atoms with Gasteiger partial charge in [0.05, 0.1) is 5.92 Å². The summed E-state index contributed by atoms with van der Waals surface area (Å²) in [5.74, 6) is -1.06. The maximum atomic E-state index is 11.9. The van der Waals surface area contributed by atoms with Gasteiger partial charge in [-0.2, -0.15) is 0 Å². The summed E-state index contributed by atoms with van der Waals surface area (Å²) in [6.07, 6.45) is 3.45. The molecule has 3 fully saturated rings. The van der Waals surface area contributed by atoms with E-state index in [1.54, 1.807) is 4.90 Å². The van der Waals surface area contributed by atoms with Crippen LogP contribution in [0.4, 0.5) is 0 Å². The molecule has 5 heteroatoms. The van der Waals surface area contributed by atoms with Crippen molar-refractivity contribution in [1.82, 2.24) is 4.90 Å².